The van der Waals surface area contributed by atoms with Gasteiger partial charge in [0.05, 0.1) is 0 Å². The van der Waals surface area contributed by atoms with Gasteiger partial charge in [0.25, 0.3) is 0 Å². The number of carbonyl (C=O) groups is 1. The lowest BCUT2D eigenvalue weighted by molar-refractivity contribution is 0.0287. The quantitative estimate of drug-likeness (QED) is 0.385. The zero-order valence-corrected chi connectivity index (χ0v) is 22.6. The Kier molecular flexibility index (Phi) is 6.37. The number of hydrogen-bond acceptors (Lipinski definition) is 6. The third-order valence-corrected chi connectivity index (χ3v) is 7.65. The van der Waals surface area contributed by atoms with E-state index in [0.29, 0.717) is 5.92 Å². The minimum absolute atomic E-state index is 0.195. The van der Waals surface area contributed by atoms with Crippen LogP contribution in [0.2, 0.25) is 0 Å². The molecule has 2 fully saturated rings. The summed E-state index contributed by atoms with van der Waals surface area (Å²) >= 11 is 0. The molecule has 9 nitrogen and oxygen atoms in total. The number of aryl methyl sites for hydroxylation is 1. The Balaban J connectivity index is 1.08. The Hall–Kier alpha value is -3.75. The molecule has 38 heavy (non-hydrogen) atoms. The molecule has 4 aromatic rings. The van der Waals surface area contributed by atoms with Gasteiger partial charge < -0.3 is 24.0 Å². The molecule has 9 heteroatoms. The molecule has 0 bridgehead atoms. The highest BCUT2D eigenvalue weighted by Crippen LogP contribution is 2.26. The van der Waals surface area contributed by atoms with Gasteiger partial charge in [-0.3, -0.25) is 4.40 Å². The fourth-order valence-corrected chi connectivity index (χ4v) is 5.64. The number of aromatic nitrogens is 4. The van der Waals surface area contributed by atoms with Crippen molar-refractivity contribution in [1.29, 1.82) is 0 Å². The smallest absolute Gasteiger partial charge is 0.410 e. The molecule has 2 aliphatic rings. The Morgan fingerprint density at radius 2 is 1.82 bits per heavy atom. The van der Waals surface area contributed by atoms with Crippen molar-refractivity contribution < 1.29 is 9.53 Å². The minimum atomic E-state index is -0.455. The van der Waals surface area contributed by atoms with Crippen LogP contribution < -0.4 is 9.80 Å². The first-order valence-corrected chi connectivity index (χ1v) is 13.7. The molecule has 0 N–H and O–H groups in total. The van der Waals surface area contributed by atoms with Crippen LogP contribution in [0.3, 0.4) is 0 Å². The van der Waals surface area contributed by atoms with Crippen LogP contribution in [0.4, 0.5) is 16.4 Å². The van der Waals surface area contributed by atoms with Crippen molar-refractivity contribution in [2.45, 2.75) is 45.8 Å². The number of pyridine rings is 2. The predicted octanol–water partition coefficient (Wildman–Crippen LogP) is 4.66. The molecule has 1 unspecified atom stereocenters. The zero-order valence-electron chi connectivity index (χ0n) is 22.6. The molecule has 4 aromatic heterocycles. The van der Waals surface area contributed by atoms with Gasteiger partial charge in [-0.05, 0) is 69.9 Å². The highest BCUT2D eigenvalue weighted by Gasteiger charge is 2.29. The molecule has 6 heterocycles. The van der Waals surface area contributed by atoms with Crippen LogP contribution in [0.15, 0.2) is 55.0 Å². The summed E-state index contributed by atoms with van der Waals surface area (Å²) < 4.78 is 9.98. The number of amides is 1. The van der Waals surface area contributed by atoms with E-state index in [1.807, 2.05) is 44.1 Å². The second-order valence-electron chi connectivity index (χ2n) is 11.5. The third-order valence-electron chi connectivity index (χ3n) is 7.65. The number of rotatable bonds is 5. The van der Waals surface area contributed by atoms with E-state index in [-0.39, 0.29) is 6.09 Å². The summed E-state index contributed by atoms with van der Waals surface area (Å²) in [6, 6.07) is 12.8. The summed E-state index contributed by atoms with van der Waals surface area (Å²) in [6.45, 7) is 11.9. The van der Waals surface area contributed by atoms with Crippen molar-refractivity contribution in [1.82, 2.24) is 23.8 Å². The highest BCUT2D eigenvalue weighted by atomic mass is 16.6. The van der Waals surface area contributed by atoms with E-state index in [4.69, 9.17) is 9.72 Å². The van der Waals surface area contributed by atoms with Crippen molar-refractivity contribution in [3.8, 4) is 0 Å². The van der Waals surface area contributed by atoms with Crippen LogP contribution >= 0.6 is 0 Å². The molecule has 200 valence electrons. The van der Waals surface area contributed by atoms with Gasteiger partial charge in [-0.1, -0.05) is 6.07 Å². The van der Waals surface area contributed by atoms with Gasteiger partial charge in [-0.25, -0.2) is 14.8 Å². The van der Waals surface area contributed by atoms with Crippen LogP contribution in [0, 0.1) is 5.92 Å². The molecule has 0 aliphatic carbocycles. The maximum absolute atomic E-state index is 12.4. The number of imidazole rings is 1. The standard InChI is InChI=1S/C29H37N7O2/c1-29(2,3)38-28(37)35-14-10-22(21-35)9-13-34-15-11-23-7-8-25(31-27(23)34)32-17-19-33(20-18-32)26-6-4-5-24-30-12-16-36(24)26/h4-8,11-12,15-16,22H,9-10,13-14,17-21H2,1-3H3. The number of hydrogen-bond donors (Lipinski definition) is 0. The molecule has 0 saturated carbocycles. The van der Waals surface area contributed by atoms with Crippen molar-refractivity contribution in [3.05, 3.63) is 55.0 Å². The normalized spacial score (nSPS) is 18.6. The highest BCUT2D eigenvalue weighted by molar-refractivity contribution is 5.78. The first-order valence-electron chi connectivity index (χ1n) is 13.7. The van der Waals surface area contributed by atoms with Gasteiger partial charge in [0.15, 0.2) is 0 Å². The molecular formula is C29H37N7O2. The number of likely N-dealkylation sites (tertiary alicyclic amines) is 1. The molecule has 0 aromatic carbocycles. The van der Waals surface area contributed by atoms with Gasteiger partial charge in [-0.2, -0.15) is 0 Å². The summed E-state index contributed by atoms with van der Waals surface area (Å²) in [7, 11) is 0. The van der Waals surface area contributed by atoms with E-state index in [1.165, 1.54) is 11.2 Å². The molecule has 0 radical (unpaired) electrons. The zero-order chi connectivity index (χ0) is 26.3. The molecular weight excluding hydrogens is 478 g/mol. The average Bonchev–Trinajstić information content (AvgIpc) is 3.66. The Bertz CT molecular complexity index is 1430. The lowest BCUT2D eigenvalue weighted by atomic mass is 10.1. The van der Waals surface area contributed by atoms with Crippen molar-refractivity contribution in [3.63, 3.8) is 0 Å². The van der Waals surface area contributed by atoms with Crippen molar-refractivity contribution in [2.24, 2.45) is 5.92 Å². The van der Waals surface area contributed by atoms with E-state index in [1.54, 1.807) is 0 Å². The lowest BCUT2D eigenvalue weighted by Crippen LogP contribution is -2.47. The predicted molar refractivity (Wildman–Crippen MR) is 150 cm³/mol. The number of anilines is 2. The lowest BCUT2D eigenvalue weighted by Gasteiger charge is -2.36. The second kappa shape index (κ2) is 9.85. The first-order chi connectivity index (χ1) is 18.3. The molecule has 6 rings (SSSR count). The van der Waals surface area contributed by atoms with Gasteiger partial charge in [-0.15, -0.1) is 0 Å². The maximum Gasteiger partial charge on any atom is 0.410 e. The molecule has 0 spiro atoms. The van der Waals surface area contributed by atoms with E-state index >= 15 is 0 Å². The molecule has 2 aliphatic heterocycles. The number of nitrogens with zero attached hydrogens (tertiary/aromatic N) is 7. The molecule has 1 amide bonds. The van der Waals surface area contributed by atoms with Crippen LogP contribution in [0.1, 0.15) is 33.6 Å². The summed E-state index contributed by atoms with van der Waals surface area (Å²) in [6.07, 6.45) is 7.88. The van der Waals surface area contributed by atoms with Crippen LogP contribution in [-0.2, 0) is 11.3 Å². The first kappa shape index (κ1) is 24.6. The van der Waals surface area contributed by atoms with Crippen molar-refractivity contribution >= 4 is 34.4 Å². The SMILES string of the molecule is CC(C)(C)OC(=O)N1CCC(CCn2ccc3ccc(N4CCN(c5cccc6nccn56)CC4)nc32)C1. The fourth-order valence-electron chi connectivity index (χ4n) is 5.64. The van der Waals surface area contributed by atoms with Crippen LogP contribution in [0.25, 0.3) is 16.7 Å². The van der Waals surface area contributed by atoms with Crippen molar-refractivity contribution in [2.75, 3.05) is 49.1 Å². The third kappa shape index (κ3) is 5.01. The Morgan fingerprint density at radius 1 is 1.00 bits per heavy atom. The monoisotopic (exact) mass is 515 g/mol. The van der Waals surface area contributed by atoms with E-state index in [0.717, 1.165) is 75.8 Å². The maximum atomic E-state index is 12.4. The van der Waals surface area contributed by atoms with Gasteiger partial charge in [0, 0.05) is 69.8 Å². The molecule has 2 saturated heterocycles. The fraction of sp³-hybridized carbons (Fsp3) is 0.483. The number of piperazine rings is 1. The number of carbonyl (C=O) groups excluding carboxylic acids is 1. The van der Waals surface area contributed by atoms with Crippen LogP contribution in [-0.4, -0.2) is 74.8 Å². The summed E-state index contributed by atoms with van der Waals surface area (Å²) in [5.41, 5.74) is 1.56. The topological polar surface area (TPSA) is 71.1 Å². The van der Waals surface area contributed by atoms with Crippen LogP contribution in [0.5, 0.6) is 0 Å². The number of fused-ring (bicyclic) bond motifs is 2. The summed E-state index contributed by atoms with van der Waals surface area (Å²) in [5, 5.41) is 1.17. The largest absolute Gasteiger partial charge is 0.444 e. The minimum Gasteiger partial charge on any atom is -0.444 e. The van der Waals surface area contributed by atoms with Gasteiger partial charge in [0.2, 0.25) is 0 Å². The Labute approximate surface area is 223 Å². The average molecular weight is 516 g/mol. The van der Waals surface area contributed by atoms with E-state index < -0.39 is 5.60 Å². The summed E-state index contributed by atoms with van der Waals surface area (Å²) in [5.74, 6) is 2.71. The second-order valence-corrected chi connectivity index (χ2v) is 11.5. The van der Waals surface area contributed by atoms with Gasteiger partial charge >= 0.3 is 6.09 Å². The van der Waals surface area contributed by atoms with Gasteiger partial charge in [0.1, 0.15) is 28.5 Å². The summed E-state index contributed by atoms with van der Waals surface area (Å²) in [4.78, 5) is 28.6. The van der Waals surface area contributed by atoms with E-state index in [9.17, 15) is 4.79 Å². The number of ether oxygens (including phenoxy) is 1. The van der Waals surface area contributed by atoms with E-state index in [2.05, 4.69) is 60.3 Å². The Morgan fingerprint density at radius 3 is 2.63 bits per heavy atom. The molecule has 1 atom stereocenters.